The van der Waals surface area contributed by atoms with Crippen LogP contribution in [0.5, 0.6) is 0 Å². The summed E-state index contributed by atoms with van der Waals surface area (Å²) in [5.41, 5.74) is 0. The van der Waals surface area contributed by atoms with Crippen molar-refractivity contribution in [3.63, 3.8) is 0 Å². The Morgan fingerprint density at radius 1 is 1.80 bits per heavy atom. The van der Waals surface area contributed by atoms with E-state index in [0.717, 1.165) is 18.1 Å². The minimum atomic E-state index is -0.696. The summed E-state index contributed by atoms with van der Waals surface area (Å²) in [5.74, 6) is 1.34. The molecule has 0 aromatic heterocycles. The predicted molar refractivity (Wildman–Crippen MR) is 41.1 cm³/mol. The Morgan fingerprint density at radius 3 is 3.10 bits per heavy atom. The molecule has 1 rings (SSSR count). The van der Waals surface area contributed by atoms with Crippen molar-refractivity contribution in [1.29, 1.82) is 0 Å². The highest BCUT2D eigenvalue weighted by Crippen LogP contribution is 2.13. The van der Waals surface area contributed by atoms with Gasteiger partial charge in [-0.15, -0.1) is 11.8 Å². The van der Waals surface area contributed by atoms with Gasteiger partial charge in [-0.3, -0.25) is 4.79 Å². The van der Waals surface area contributed by atoms with E-state index in [-0.39, 0.29) is 6.42 Å². The minimum Gasteiger partial charge on any atom is -0.481 e. The number of carboxylic acid groups (broad SMARTS) is 1. The van der Waals surface area contributed by atoms with Crippen LogP contribution in [-0.2, 0) is 4.79 Å². The van der Waals surface area contributed by atoms with Gasteiger partial charge < -0.3 is 10.4 Å². The summed E-state index contributed by atoms with van der Waals surface area (Å²) in [7, 11) is 0. The summed E-state index contributed by atoms with van der Waals surface area (Å²) in [5, 5.41) is 11.6. The van der Waals surface area contributed by atoms with Crippen LogP contribution in [0.15, 0.2) is 0 Å². The van der Waals surface area contributed by atoms with Gasteiger partial charge in [0, 0.05) is 24.1 Å². The molecule has 1 aliphatic heterocycles. The molecule has 10 heavy (non-hydrogen) atoms. The zero-order valence-corrected chi connectivity index (χ0v) is 6.49. The summed E-state index contributed by atoms with van der Waals surface area (Å²) in [6, 6.07) is 0.432. The van der Waals surface area contributed by atoms with Crippen molar-refractivity contribution in [3.8, 4) is 0 Å². The molecule has 1 unspecified atom stereocenters. The van der Waals surface area contributed by atoms with E-state index in [2.05, 4.69) is 5.32 Å². The van der Waals surface area contributed by atoms with Crippen LogP contribution in [-0.4, -0.2) is 28.7 Å². The molecule has 0 aromatic rings. The first-order valence-electron chi connectivity index (χ1n) is 3.32. The lowest BCUT2D eigenvalue weighted by Crippen LogP contribution is -2.24. The van der Waals surface area contributed by atoms with Gasteiger partial charge in [0.15, 0.2) is 0 Å². The summed E-state index contributed by atoms with van der Waals surface area (Å²) < 4.78 is 0. The molecule has 1 atom stereocenters. The van der Waals surface area contributed by atoms with Crippen LogP contribution in [0, 0.1) is 0 Å². The summed E-state index contributed by atoms with van der Waals surface area (Å²) in [6.45, 7) is 0. The maximum atomic E-state index is 10.1. The van der Waals surface area contributed by atoms with Crippen molar-refractivity contribution in [2.75, 3.05) is 11.6 Å². The Kier molecular flexibility index (Phi) is 3.02. The Balaban J connectivity index is 2.07. The van der Waals surface area contributed by atoms with Gasteiger partial charge in [0.2, 0.25) is 0 Å². The Morgan fingerprint density at radius 2 is 2.60 bits per heavy atom. The first-order valence-corrected chi connectivity index (χ1v) is 4.47. The molecule has 1 fully saturated rings. The molecule has 3 nitrogen and oxygen atoms in total. The first kappa shape index (κ1) is 7.88. The standard InChI is InChI=1S/C6H11NO2S/c8-6(9)2-1-5-3-10-4-7-5/h5,7H,1-4H2,(H,8,9). The lowest BCUT2D eigenvalue weighted by Gasteiger charge is -2.04. The normalized spacial score (nSPS) is 25.0. The molecule has 2 N–H and O–H groups in total. The van der Waals surface area contributed by atoms with Crippen LogP contribution in [0.25, 0.3) is 0 Å². The lowest BCUT2D eigenvalue weighted by atomic mass is 10.2. The zero-order chi connectivity index (χ0) is 7.40. The second-order valence-electron chi connectivity index (χ2n) is 2.35. The van der Waals surface area contributed by atoms with E-state index in [1.807, 2.05) is 11.8 Å². The smallest absolute Gasteiger partial charge is 0.303 e. The van der Waals surface area contributed by atoms with Gasteiger partial charge in [0.25, 0.3) is 0 Å². The topological polar surface area (TPSA) is 49.3 Å². The fraction of sp³-hybridized carbons (Fsp3) is 0.833. The van der Waals surface area contributed by atoms with Crippen LogP contribution in [0.3, 0.4) is 0 Å². The Hall–Kier alpha value is -0.220. The van der Waals surface area contributed by atoms with Gasteiger partial charge in [0.05, 0.1) is 0 Å². The molecule has 0 amide bonds. The van der Waals surface area contributed by atoms with Crippen LogP contribution in [0.1, 0.15) is 12.8 Å². The molecule has 0 radical (unpaired) electrons. The van der Waals surface area contributed by atoms with Crippen LogP contribution in [0.2, 0.25) is 0 Å². The molecule has 4 heteroatoms. The molecule has 0 aromatic carbocycles. The van der Waals surface area contributed by atoms with Gasteiger partial charge in [-0.05, 0) is 6.42 Å². The molecule has 1 aliphatic rings. The number of carbonyl (C=O) groups is 1. The van der Waals surface area contributed by atoms with Gasteiger partial charge in [-0.25, -0.2) is 0 Å². The van der Waals surface area contributed by atoms with E-state index in [1.54, 1.807) is 0 Å². The number of hydrogen-bond acceptors (Lipinski definition) is 3. The highest BCUT2D eigenvalue weighted by Gasteiger charge is 2.14. The van der Waals surface area contributed by atoms with Gasteiger partial charge in [0.1, 0.15) is 0 Å². The fourth-order valence-electron chi connectivity index (χ4n) is 0.920. The van der Waals surface area contributed by atoms with E-state index in [1.165, 1.54) is 0 Å². The molecule has 0 saturated carbocycles. The predicted octanol–water partition coefficient (Wildman–Crippen LogP) is 0.514. The Labute approximate surface area is 64.2 Å². The first-order chi connectivity index (χ1) is 4.79. The summed E-state index contributed by atoms with van der Waals surface area (Å²) in [6.07, 6.45) is 1.06. The molecule has 0 bridgehead atoms. The quantitative estimate of drug-likeness (QED) is 0.633. The monoisotopic (exact) mass is 161 g/mol. The number of thioether (sulfide) groups is 1. The van der Waals surface area contributed by atoms with Crippen molar-refractivity contribution in [3.05, 3.63) is 0 Å². The average Bonchev–Trinajstić information content (AvgIpc) is 2.34. The molecular weight excluding hydrogens is 150 g/mol. The number of aliphatic carboxylic acids is 1. The van der Waals surface area contributed by atoms with Crippen molar-refractivity contribution in [2.24, 2.45) is 0 Å². The van der Waals surface area contributed by atoms with E-state index >= 15 is 0 Å². The third-order valence-electron chi connectivity index (χ3n) is 1.50. The number of carboxylic acids is 1. The second kappa shape index (κ2) is 3.83. The number of hydrogen-bond donors (Lipinski definition) is 2. The maximum absolute atomic E-state index is 10.1. The number of rotatable bonds is 3. The van der Waals surface area contributed by atoms with Crippen molar-refractivity contribution >= 4 is 17.7 Å². The van der Waals surface area contributed by atoms with Gasteiger partial charge in [-0.2, -0.15) is 0 Å². The minimum absolute atomic E-state index is 0.290. The van der Waals surface area contributed by atoms with Crippen LogP contribution < -0.4 is 5.32 Å². The van der Waals surface area contributed by atoms with Gasteiger partial charge in [-0.1, -0.05) is 0 Å². The largest absolute Gasteiger partial charge is 0.481 e. The third kappa shape index (κ3) is 2.58. The fourth-order valence-corrected chi connectivity index (χ4v) is 1.96. The third-order valence-corrected chi connectivity index (χ3v) is 2.51. The molecule has 1 heterocycles. The zero-order valence-electron chi connectivity index (χ0n) is 5.67. The average molecular weight is 161 g/mol. The summed E-state index contributed by atoms with van der Waals surface area (Å²) >= 11 is 1.83. The molecular formula is C6H11NO2S. The highest BCUT2D eigenvalue weighted by atomic mass is 32.2. The van der Waals surface area contributed by atoms with Crippen LogP contribution >= 0.6 is 11.8 Å². The van der Waals surface area contributed by atoms with Crippen molar-refractivity contribution in [1.82, 2.24) is 5.32 Å². The van der Waals surface area contributed by atoms with Crippen molar-refractivity contribution in [2.45, 2.75) is 18.9 Å². The van der Waals surface area contributed by atoms with E-state index in [0.29, 0.717) is 6.04 Å². The number of nitrogens with one attached hydrogen (secondary N) is 1. The Bertz CT molecular complexity index is 123. The molecule has 1 saturated heterocycles. The van der Waals surface area contributed by atoms with Crippen molar-refractivity contribution < 1.29 is 9.90 Å². The highest BCUT2D eigenvalue weighted by molar-refractivity contribution is 7.99. The SMILES string of the molecule is O=C(O)CCC1CSCN1. The van der Waals surface area contributed by atoms with E-state index < -0.39 is 5.97 Å². The second-order valence-corrected chi connectivity index (χ2v) is 3.38. The van der Waals surface area contributed by atoms with Crippen LogP contribution in [0.4, 0.5) is 0 Å². The lowest BCUT2D eigenvalue weighted by molar-refractivity contribution is -0.137. The maximum Gasteiger partial charge on any atom is 0.303 e. The molecule has 0 aliphatic carbocycles. The molecule has 58 valence electrons. The van der Waals surface area contributed by atoms with E-state index in [4.69, 9.17) is 5.11 Å². The van der Waals surface area contributed by atoms with Gasteiger partial charge >= 0.3 is 5.97 Å². The van der Waals surface area contributed by atoms with E-state index in [9.17, 15) is 4.79 Å². The summed E-state index contributed by atoms with van der Waals surface area (Å²) in [4.78, 5) is 10.1. The molecule has 0 spiro atoms.